The molecule has 0 saturated heterocycles. The third kappa shape index (κ3) is 3.60. The maximum absolute atomic E-state index is 12.6. The van der Waals surface area contributed by atoms with Crippen LogP contribution in [0.2, 0.25) is 0 Å². The SMILES string of the molecule is COc1ccc(C(=O)Nc2ccc3c(c2)N(C)C(=O)C(C)(C)CO3)cc1OC. The highest BCUT2D eigenvalue weighted by atomic mass is 16.5. The van der Waals surface area contributed by atoms with Gasteiger partial charge in [0.2, 0.25) is 5.91 Å². The number of amides is 2. The van der Waals surface area contributed by atoms with Crippen LogP contribution in [0, 0.1) is 5.41 Å². The fourth-order valence-electron chi connectivity index (χ4n) is 3.04. The summed E-state index contributed by atoms with van der Waals surface area (Å²) in [5, 5.41) is 2.84. The number of ether oxygens (including phenoxy) is 3. The molecule has 3 rings (SSSR count). The fraction of sp³-hybridized carbons (Fsp3) is 0.333. The lowest BCUT2D eigenvalue weighted by atomic mass is 9.93. The minimum Gasteiger partial charge on any atom is -0.493 e. The lowest BCUT2D eigenvalue weighted by Crippen LogP contribution is -2.39. The van der Waals surface area contributed by atoms with E-state index in [0.29, 0.717) is 40.8 Å². The molecule has 0 unspecified atom stereocenters. The maximum Gasteiger partial charge on any atom is 0.255 e. The van der Waals surface area contributed by atoms with Crippen LogP contribution in [-0.2, 0) is 4.79 Å². The van der Waals surface area contributed by atoms with E-state index in [0.717, 1.165) is 0 Å². The number of hydrogen-bond acceptors (Lipinski definition) is 5. The second-order valence-electron chi connectivity index (χ2n) is 7.24. The summed E-state index contributed by atoms with van der Waals surface area (Å²) >= 11 is 0. The Balaban J connectivity index is 1.86. The number of nitrogens with zero attached hydrogens (tertiary/aromatic N) is 1. The van der Waals surface area contributed by atoms with Crippen molar-refractivity contribution in [2.75, 3.05) is 38.1 Å². The third-order valence-electron chi connectivity index (χ3n) is 4.70. The number of methoxy groups -OCH3 is 2. The zero-order valence-electron chi connectivity index (χ0n) is 16.7. The van der Waals surface area contributed by atoms with E-state index < -0.39 is 5.41 Å². The Bertz CT molecular complexity index is 923. The highest BCUT2D eigenvalue weighted by Gasteiger charge is 2.36. The highest BCUT2D eigenvalue weighted by molar-refractivity contribution is 6.05. The van der Waals surface area contributed by atoms with Crippen LogP contribution in [0.15, 0.2) is 36.4 Å². The van der Waals surface area contributed by atoms with Gasteiger partial charge in [-0.25, -0.2) is 0 Å². The number of fused-ring (bicyclic) bond motifs is 1. The quantitative estimate of drug-likeness (QED) is 0.875. The number of anilines is 2. The summed E-state index contributed by atoms with van der Waals surface area (Å²) in [5.74, 6) is 1.27. The Kier molecular flexibility index (Phi) is 5.18. The molecule has 0 bridgehead atoms. The average Bonchev–Trinajstić information content (AvgIpc) is 2.78. The zero-order valence-corrected chi connectivity index (χ0v) is 16.7. The summed E-state index contributed by atoms with van der Waals surface area (Å²) in [5.41, 5.74) is 0.966. The number of hydrogen-bond donors (Lipinski definition) is 1. The van der Waals surface area contributed by atoms with Gasteiger partial charge in [0.05, 0.1) is 25.3 Å². The number of benzene rings is 2. The minimum atomic E-state index is -0.628. The van der Waals surface area contributed by atoms with Crippen molar-refractivity contribution in [3.63, 3.8) is 0 Å². The molecule has 28 heavy (non-hydrogen) atoms. The van der Waals surface area contributed by atoms with Gasteiger partial charge >= 0.3 is 0 Å². The van der Waals surface area contributed by atoms with Gasteiger partial charge in [-0.2, -0.15) is 0 Å². The van der Waals surface area contributed by atoms with Crippen LogP contribution in [0.25, 0.3) is 0 Å². The molecule has 7 heteroatoms. The molecule has 148 valence electrons. The lowest BCUT2D eigenvalue weighted by molar-refractivity contribution is -0.127. The molecule has 7 nitrogen and oxygen atoms in total. The Hall–Kier alpha value is -3.22. The molecule has 0 aromatic heterocycles. The van der Waals surface area contributed by atoms with Crippen LogP contribution >= 0.6 is 0 Å². The van der Waals surface area contributed by atoms with Gasteiger partial charge < -0.3 is 24.4 Å². The van der Waals surface area contributed by atoms with E-state index in [4.69, 9.17) is 14.2 Å². The van der Waals surface area contributed by atoms with E-state index in [-0.39, 0.29) is 11.8 Å². The largest absolute Gasteiger partial charge is 0.493 e. The number of nitrogens with one attached hydrogen (secondary N) is 1. The Labute approximate surface area is 164 Å². The van der Waals surface area contributed by atoms with E-state index in [1.165, 1.54) is 14.2 Å². The van der Waals surface area contributed by atoms with Crippen LogP contribution in [0.5, 0.6) is 17.2 Å². The van der Waals surface area contributed by atoms with Crippen molar-refractivity contribution >= 4 is 23.2 Å². The first kappa shape index (κ1) is 19.5. The van der Waals surface area contributed by atoms with Crippen LogP contribution in [0.4, 0.5) is 11.4 Å². The van der Waals surface area contributed by atoms with E-state index in [1.807, 2.05) is 13.8 Å². The molecule has 0 aliphatic carbocycles. The summed E-state index contributed by atoms with van der Waals surface area (Å²) in [6.07, 6.45) is 0. The van der Waals surface area contributed by atoms with Crippen molar-refractivity contribution in [2.45, 2.75) is 13.8 Å². The summed E-state index contributed by atoms with van der Waals surface area (Å²) in [6.45, 7) is 3.98. The smallest absolute Gasteiger partial charge is 0.255 e. The molecule has 0 spiro atoms. The molecule has 0 saturated carbocycles. The monoisotopic (exact) mass is 384 g/mol. The van der Waals surface area contributed by atoms with Gasteiger partial charge in [-0.1, -0.05) is 0 Å². The Morgan fingerprint density at radius 1 is 1.11 bits per heavy atom. The highest BCUT2D eigenvalue weighted by Crippen LogP contribution is 2.37. The predicted octanol–water partition coefficient (Wildman–Crippen LogP) is 3.34. The molecular formula is C21H24N2O5. The van der Waals surface area contributed by atoms with Gasteiger partial charge in [0.15, 0.2) is 11.5 Å². The molecule has 2 amide bonds. The number of rotatable bonds is 4. The molecule has 0 fully saturated rings. The van der Waals surface area contributed by atoms with Crippen molar-refractivity contribution < 1.29 is 23.8 Å². The number of carbonyl (C=O) groups excluding carboxylic acids is 2. The van der Waals surface area contributed by atoms with Gasteiger partial charge in [0, 0.05) is 18.3 Å². The molecule has 1 aliphatic rings. The summed E-state index contributed by atoms with van der Waals surface area (Å²) in [6, 6.07) is 10.2. The standard InChI is InChI=1S/C21H24N2O5/c1-21(2)12-28-16-9-7-14(11-15(16)23(3)20(21)25)22-19(24)13-6-8-17(26-4)18(10-13)27-5/h6-11H,12H2,1-5H3,(H,22,24). The predicted molar refractivity (Wildman–Crippen MR) is 107 cm³/mol. The molecule has 0 radical (unpaired) electrons. The zero-order chi connectivity index (χ0) is 20.5. The lowest BCUT2D eigenvalue weighted by Gasteiger charge is -2.24. The minimum absolute atomic E-state index is 0.0467. The van der Waals surface area contributed by atoms with E-state index in [9.17, 15) is 9.59 Å². The van der Waals surface area contributed by atoms with Gasteiger partial charge in [0.25, 0.3) is 5.91 Å². The molecular weight excluding hydrogens is 360 g/mol. The van der Waals surface area contributed by atoms with E-state index >= 15 is 0 Å². The van der Waals surface area contributed by atoms with Gasteiger partial charge in [-0.15, -0.1) is 0 Å². The van der Waals surface area contributed by atoms with Gasteiger partial charge in [-0.05, 0) is 50.2 Å². The summed E-state index contributed by atoms with van der Waals surface area (Å²) in [7, 11) is 4.76. The van der Waals surface area contributed by atoms with Gasteiger partial charge in [-0.3, -0.25) is 9.59 Å². The van der Waals surface area contributed by atoms with Crippen molar-refractivity contribution in [1.29, 1.82) is 0 Å². The number of carbonyl (C=O) groups is 2. The van der Waals surface area contributed by atoms with Crippen LogP contribution in [0.1, 0.15) is 24.2 Å². The third-order valence-corrected chi connectivity index (χ3v) is 4.70. The first-order valence-corrected chi connectivity index (χ1v) is 8.85. The average molecular weight is 384 g/mol. The Morgan fingerprint density at radius 3 is 2.50 bits per heavy atom. The molecule has 1 aliphatic heterocycles. The van der Waals surface area contributed by atoms with Crippen LogP contribution in [-0.4, -0.2) is 39.7 Å². The summed E-state index contributed by atoms with van der Waals surface area (Å²) < 4.78 is 16.2. The molecule has 0 atom stereocenters. The second kappa shape index (κ2) is 7.42. The molecule has 2 aromatic rings. The van der Waals surface area contributed by atoms with Crippen LogP contribution < -0.4 is 24.4 Å². The van der Waals surface area contributed by atoms with E-state index in [2.05, 4.69) is 5.32 Å². The maximum atomic E-state index is 12.6. The van der Waals surface area contributed by atoms with E-state index in [1.54, 1.807) is 48.3 Å². The molecule has 1 N–H and O–H groups in total. The fourth-order valence-corrected chi connectivity index (χ4v) is 3.04. The second-order valence-corrected chi connectivity index (χ2v) is 7.24. The topological polar surface area (TPSA) is 77.1 Å². The van der Waals surface area contributed by atoms with Crippen molar-refractivity contribution in [3.8, 4) is 17.2 Å². The van der Waals surface area contributed by atoms with Crippen LogP contribution in [0.3, 0.4) is 0 Å². The molecule has 1 heterocycles. The first-order chi connectivity index (χ1) is 13.3. The first-order valence-electron chi connectivity index (χ1n) is 8.85. The van der Waals surface area contributed by atoms with Crippen molar-refractivity contribution in [3.05, 3.63) is 42.0 Å². The summed E-state index contributed by atoms with van der Waals surface area (Å²) in [4.78, 5) is 26.9. The normalized spacial score (nSPS) is 15.2. The van der Waals surface area contributed by atoms with Crippen molar-refractivity contribution in [2.24, 2.45) is 5.41 Å². The Morgan fingerprint density at radius 2 is 1.82 bits per heavy atom. The molecule has 2 aromatic carbocycles. The van der Waals surface area contributed by atoms with Crippen molar-refractivity contribution in [1.82, 2.24) is 0 Å². The van der Waals surface area contributed by atoms with Gasteiger partial charge in [0.1, 0.15) is 12.4 Å².